The molecule has 3 rings (SSSR count). The van der Waals surface area contributed by atoms with Crippen LogP contribution in [-0.2, 0) is 6.54 Å². The molecule has 2 N–H and O–H groups in total. The van der Waals surface area contributed by atoms with E-state index in [1.807, 2.05) is 12.1 Å². The van der Waals surface area contributed by atoms with Gasteiger partial charge in [0, 0.05) is 36.8 Å². The van der Waals surface area contributed by atoms with Gasteiger partial charge in [0.2, 0.25) is 0 Å². The Morgan fingerprint density at radius 3 is 2.67 bits per heavy atom. The van der Waals surface area contributed by atoms with Crippen molar-refractivity contribution >= 4 is 23.4 Å². The highest BCUT2D eigenvalue weighted by molar-refractivity contribution is 6.30. The van der Waals surface area contributed by atoms with E-state index in [2.05, 4.69) is 32.8 Å². The smallest absolute Gasteiger partial charge is 0.320 e. The molecule has 1 aliphatic heterocycles. The molecule has 0 saturated carbocycles. The van der Waals surface area contributed by atoms with Gasteiger partial charge in [-0.2, -0.15) is 0 Å². The second-order valence-corrected chi connectivity index (χ2v) is 6.53. The van der Waals surface area contributed by atoms with E-state index in [-0.39, 0.29) is 12.1 Å². The lowest BCUT2D eigenvalue weighted by Gasteiger charge is -2.32. The Labute approximate surface area is 146 Å². The molecule has 7 heteroatoms. The Bertz CT molecular complexity index is 678. The topological polar surface area (TPSA) is 70.4 Å². The number of piperidine rings is 1. The van der Waals surface area contributed by atoms with Crippen LogP contribution in [0.1, 0.15) is 24.2 Å². The maximum atomic E-state index is 12.0. The van der Waals surface area contributed by atoms with Gasteiger partial charge in [0.25, 0.3) is 0 Å². The average molecular weight is 349 g/mol. The number of benzene rings is 1. The number of aryl methyl sites for hydroxylation is 1. The summed E-state index contributed by atoms with van der Waals surface area (Å²) in [6.45, 7) is 4.61. The van der Waals surface area contributed by atoms with Crippen LogP contribution in [0.2, 0.25) is 5.02 Å². The van der Waals surface area contributed by atoms with Crippen LogP contribution in [0.5, 0.6) is 0 Å². The molecule has 128 valence electrons. The second kappa shape index (κ2) is 7.68. The normalized spacial score (nSPS) is 16.1. The van der Waals surface area contributed by atoms with E-state index in [9.17, 15) is 4.79 Å². The molecular formula is C17H21ClN4O2. The van der Waals surface area contributed by atoms with E-state index in [0.29, 0.717) is 11.6 Å². The number of urea groups is 1. The lowest BCUT2D eigenvalue weighted by Crippen LogP contribution is -2.45. The minimum absolute atomic E-state index is 0.180. The summed E-state index contributed by atoms with van der Waals surface area (Å²) in [6, 6.07) is 9.58. The van der Waals surface area contributed by atoms with E-state index in [1.165, 1.54) is 5.56 Å². The van der Waals surface area contributed by atoms with Crippen molar-refractivity contribution in [3.8, 4) is 0 Å². The molecule has 1 fully saturated rings. The summed E-state index contributed by atoms with van der Waals surface area (Å²) < 4.78 is 4.93. The molecule has 0 unspecified atom stereocenters. The van der Waals surface area contributed by atoms with Gasteiger partial charge in [0.15, 0.2) is 5.82 Å². The number of likely N-dealkylation sites (tertiary alicyclic amines) is 1. The molecule has 2 heterocycles. The molecule has 0 spiro atoms. The highest BCUT2D eigenvalue weighted by atomic mass is 35.5. The Morgan fingerprint density at radius 2 is 2.04 bits per heavy atom. The molecule has 2 aromatic rings. The molecule has 0 atom stereocenters. The molecule has 1 aromatic heterocycles. The lowest BCUT2D eigenvalue weighted by molar-refractivity contribution is 0.190. The number of hydrogen-bond donors (Lipinski definition) is 2. The zero-order valence-corrected chi connectivity index (χ0v) is 14.3. The van der Waals surface area contributed by atoms with Gasteiger partial charge in [-0.15, -0.1) is 0 Å². The number of anilines is 1. The minimum atomic E-state index is -0.237. The number of nitrogens with one attached hydrogen (secondary N) is 2. The van der Waals surface area contributed by atoms with E-state index in [1.54, 1.807) is 13.0 Å². The highest BCUT2D eigenvalue weighted by Crippen LogP contribution is 2.16. The number of aromatic nitrogens is 1. The maximum Gasteiger partial charge on any atom is 0.320 e. The predicted octanol–water partition coefficient (Wildman–Crippen LogP) is 3.42. The first-order valence-corrected chi connectivity index (χ1v) is 8.44. The van der Waals surface area contributed by atoms with Crippen molar-refractivity contribution < 1.29 is 9.32 Å². The summed E-state index contributed by atoms with van der Waals surface area (Å²) >= 11 is 5.91. The molecule has 1 aliphatic rings. The fraction of sp³-hybridized carbons (Fsp3) is 0.412. The third kappa shape index (κ3) is 4.72. The standard InChI is InChI=1S/C17H21ClN4O2/c1-12-10-16(21-24-12)20-17(23)19-15-6-8-22(9-7-15)11-13-2-4-14(18)5-3-13/h2-5,10,15H,6-9,11H2,1H3,(H2,19,20,21,23). The third-order valence-corrected chi connectivity index (χ3v) is 4.36. The monoisotopic (exact) mass is 348 g/mol. The Balaban J connectivity index is 1.41. The highest BCUT2D eigenvalue weighted by Gasteiger charge is 2.21. The summed E-state index contributed by atoms with van der Waals surface area (Å²) in [5.74, 6) is 1.10. The van der Waals surface area contributed by atoms with Crippen molar-refractivity contribution in [1.82, 2.24) is 15.4 Å². The first-order valence-electron chi connectivity index (χ1n) is 8.06. The van der Waals surface area contributed by atoms with Gasteiger partial charge in [0.1, 0.15) is 5.76 Å². The molecule has 0 aliphatic carbocycles. The van der Waals surface area contributed by atoms with Crippen molar-refractivity contribution in [1.29, 1.82) is 0 Å². The largest absolute Gasteiger partial charge is 0.360 e. The van der Waals surface area contributed by atoms with Crippen molar-refractivity contribution in [2.75, 3.05) is 18.4 Å². The van der Waals surface area contributed by atoms with Gasteiger partial charge in [-0.25, -0.2) is 4.79 Å². The van der Waals surface area contributed by atoms with Crippen LogP contribution < -0.4 is 10.6 Å². The van der Waals surface area contributed by atoms with Crippen LogP contribution in [0.15, 0.2) is 34.9 Å². The average Bonchev–Trinajstić information content (AvgIpc) is 2.96. The molecule has 2 amide bonds. The quantitative estimate of drug-likeness (QED) is 0.888. The van der Waals surface area contributed by atoms with Gasteiger partial charge >= 0.3 is 6.03 Å². The summed E-state index contributed by atoms with van der Waals surface area (Å²) in [6.07, 6.45) is 1.86. The number of hydrogen-bond acceptors (Lipinski definition) is 4. The number of rotatable bonds is 4. The van der Waals surface area contributed by atoms with Crippen LogP contribution in [-0.4, -0.2) is 35.2 Å². The van der Waals surface area contributed by atoms with Crippen molar-refractivity contribution in [3.63, 3.8) is 0 Å². The van der Waals surface area contributed by atoms with Crippen molar-refractivity contribution in [2.24, 2.45) is 0 Å². The van der Waals surface area contributed by atoms with Gasteiger partial charge in [-0.3, -0.25) is 10.2 Å². The zero-order valence-electron chi connectivity index (χ0n) is 13.6. The predicted molar refractivity (Wildman–Crippen MR) is 93.1 cm³/mol. The third-order valence-electron chi connectivity index (χ3n) is 4.11. The minimum Gasteiger partial charge on any atom is -0.360 e. The molecule has 1 aromatic carbocycles. The summed E-state index contributed by atoms with van der Waals surface area (Å²) in [4.78, 5) is 14.4. The van der Waals surface area contributed by atoms with Crippen LogP contribution >= 0.6 is 11.6 Å². The Morgan fingerprint density at radius 1 is 1.33 bits per heavy atom. The lowest BCUT2D eigenvalue weighted by atomic mass is 10.0. The number of nitrogens with zero attached hydrogens (tertiary/aromatic N) is 2. The van der Waals surface area contributed by atoms with Crippen molar-refractivity contribution in [2.45, 2.75) is 32.4 Å². The molecule has 24 heavy (non-hydrogen) atoms. The van der Waals surface area contributed by atoms with Gasteiger partial charge in [-0.05, 0) is 37.5 Å². The van der Waals surface area contributed by atoms with Crippen LogP contribution in [0, 0.1) is 6.92 Å². The number of halogens is 1. The number of carbonyl (C=O) groups excluding carboxylic acids is 1. The second-order valence-electron chi connectivity index (χ2n) is 6.10. The van der Waals surface area contributed by atoms with E-state index in [0.717, 1.165) is 37.5 Å². The summed E-state index contributed by atoms with van der Waals surface area (Å²) in [7, 11) is 0. The molecule has 6 nitrogen and oxygen atoms in total. The number of amides is 2. The Hall–Kier alpha value is -2.05. The fourth-order valence-electron chi connectivity index (χ4n) is 2.85. The van der Waals surface area contributed by atoms with E-state index < -0.39 is 0 Å². The Kier molecular flexibility index (Phi) is 5.37. The molecule has 0 radical (unpaired) electrons. The molecular weight excluding hydrogens is 328 g/mol. The van der Waals surface area contributed by atoms with Crippen LogP contribution in [0.3, 0.4) is 0 Å². The maximum absolute atomic E-state index is 12.0. The first kappa shape index (κ1) is 16.8. The summed E-state index contributed by atoms with van der Waals surface area (Å²) in [5.41, 5.74) is 1.25. The molecule has 1 saturated heterocycles. The van der Waals surface area contributed by atoms with E-state index >= 15 is 0 Å². The number of carbonyl (C=O) groups is 1. The van der Waals surface area contributed by atoms with Gasteiger partial charge in [0.05, 0.1) is 0 Å². The fourth-order valence-corrected chi connectivity index (χ4v) is 2.97. The van der Waals surface area contributed by atoms with E-state index in [4.69, 9.17) is 16.1 Å². The van der Waals surface area contributed by atoms with Crippen molar-refractivity contribution in [3.05, 3.63) is 46.7 Å². The first-order chi connectivity index (χ1) is 11.6. The summed E-state index contributed by atoms with van der Waals surface area (Å²) in [5, 5.41) is 10.2. The van der Waals surface area contributed by atoms with Gasteiger partial charge < -0.3 is 9.84 Å². The molecule has 0 bridgehead atoms. The van der Waals surface area contributed by atoms with Crippen LogP contribution in [0.4, 0.5) is 10.6 Å². The van der Waals surface area contributed by atoms with Crippen LogP contribution in [0.25, 0.3) is 0 Å². The zero-order chi connectivity index (χ0) is 16.9. The SMILES string of the molecule is Cc1cc(NC(=O)NC2CCN(Cc3ccc(Cl)cc3)CC2)no1. The van der Waals surface area contributed by atoms with Gasteiger partial charge in [-0.1, -0.05) is 28.9 Å².